The van der Waals surface area contributed by atoms with E-state index < -0.39 is 24.5 Å². The number of anilines is 1. The van der Waals surface area contributed by atoms with Gasteiger partial charge in [-0.3, -0.25) is 4.57 Å². The summed E-state index contributed by atoms with van der Waals surface area (Å²) in [7, 11) is 0. The van der Waals surface area contributed by atoms with Gasteiger partial charge in [0.15, 0.2) is 11.2 Å². The molecule has 0 radical (unpaired) electrons. The summed E-state index contributed by atoms with van der Waals surface area (Å²) >= 11 is 0. The van der Waals surface area contributed by atoms with Gasteiger partial charge in [-0.25, -0.2) is 4.98 Å². The lowest BCUT2D eigenvalue weighted by Gasteiger charge is -2.14. The number of hydrogen-bond donors (Lipinski definition) is 4. The van der Waals surface area contributed by atoms with Crippen LogP contribution in [0.15, 0.2) is 6.33 Å². The van der Waals surface area contributed by atoms with E-state index in [2.05, 4.69) is 15.0 Å². The molecule has 1 aliphatic heterocycles. The smallest absolute Gasteiger partial charge is 0.247 e. The maximum atomic E-state index is 9.86. The molecule has 1 saturated heterocycles. The Morgan fingerprint density at radius 1 is 1.52 bits per heavy atom. The third-order valence-corrected chi connectivity index (χ3v) is 3.56. The summed E-state index contributed by atoms with van der Waals surface area (Å²) in [4.78, 5) is 12.3. The molecule has 3 rings (SSSR count). The van der Waals surface area contributed by atoms with Crippen molar-refractivity contribution in [3.05, 3.63) is 6.33 Å². The Kier molecular flexibility index (Phi) is 4.31. The normalized spacial score (nSPS) is 25.8. The lowest BCUT2D eigenvalue weighted by molar-refractivity contribution is -0.0432. The minimum Gasteiger partial charge on any atom is -0.473 e. The highest BCUT2D eigenvalue weighted by molar-refractivity contribution is 5.77. The van der Waals surface area contributed by atoms with E-state index in [-0.39, 0.29) is 25.0 Å². The van der Waals surface area contributed by atoms with Crippen molar-refractivity contribution in [2.24, 2.45) is 0 Å². The maximum absolute atomic E-state index is 9.86. The second kappa shape index (κ2) is 6.24. The molecule has 2 aromatic heterocycles. The number of aliphatic hydroxyl groups excluding tert-OH is 3. The van der Waals surface area contributed by atoms with Crippen LogP contribution >= 0.6 is 0 Å². The number of fused-ring (bicyclic) bond motifs is 1. The van der Waals surface area contributed by atoms with E-state index in [4.69, 9.17) is 15.2 Å². The van der Waals surface area contributed by atoms with Gasteiger partial charge in [0, 0.05) is 6.42 Å². The summed E-state index contributed by atoms with van der Waals surface area (Å²) in [6.45, 7) is 1.36. The van der Waals surface area contributed by atoms with Gasteiger partial charge in [-0.1, -0.05) is 0 Å². The van der Waals surface area contributed by atoms with E-state index in [1.54, 1.807) is 11.5 Å². The van der Waals surface area contributed by atoms with Crippen LogP contribution in [0, 0.1) is 0 Å². The highest BCUT2D eigenvalue weighted by Crippen LogP contribution is 2.32. The van der Waals surface area contributed by atoms with Gasteiger partial charge in [-0.15, -0.1) is 0 Å². The topological polar surface area (TPSA) is 149 Å². The highest BCUT2D eigenvalue weighted by atomic mass is 16.5. The van der Waals surface area contributed by atoms with E-state index in [1.165, 1.54) is 6.33 Å². The van der Waals surface area contributed by atoms with Crippen LogP contribution in [-0.4, -0.2) is 66.4 Å². The zero-order valence-corrected chi connectivity index (χ0v) is 12.5. The van der Waals surface area contributed by atoms with Crippen molar-refractivity contribution < 1.29 is 24.8 Å². The van der Waals surface area contributed by atoms with E-state index in [9.17, 15) is 15.3 Å². The third kappa shape index (κ3) is 3.06. The summed E-state index contributed by atoms with van der Waals surface area (Å²) in [6.07, 6.45) is -0.821. The summed E-state index contributed by atoms with van der Waals surface area (Å²) in [6, 6.07) is 0. The van der Waals surface area contributed by atoms with Crippen LogP contribution in [-0.2, 0) is 4.74 Å². The molecule has 4 atom stereocenters. The number of nitrogens with zero attached hydrogens (tertiary/aromatic N) is 4. The van der Waals surface area contributed by atoms with Crippen molar-refractivity contribution in [2.75, 3.05) is 18.9 Å². The molecule has 126 valence electrons. The molecule has 0 amide bonds. The summed E-state index contributed by atoms with van der Waals surface area (Å²) < 4.78 is 12.6. The average molecular weight is 325 g/mol. The van der Waals surface area contributed by atoms with Crippen molar-refractivity contribution in [2.45, 2.75) is 37.9 Å². The predicted molar refractivity (Wildman–Crippen MR) is 78.5 cm³/mol. The first-order valence-electron chi connectivity index (χ1n) is 7.25. The van der Waals surface area contributed by atoms with E-state index in [0.29, 0.717) is 17.6 Å². The lowest BCUT2D eigenvalue weighted by Crippen LogP contribution is -2.24. The fraction of sp³-hybridized carbons (Fsp3) is 0.615. The molecule has 0 aliphatic carbocycles. The van der Waals surface area contributed by atoms with Crippen LogP contribution in [0.2, 0.25) is 0 Å². The molecular formula is C13H19N5O5. The van der Waals surface area contributed by atoms with Gasteiger partial charge < -0.3 is 30.5 Å². The van der Waals surface area contributed by atoms with Crippen LogP contribution in [0.5, 0.6) is 5.88 Å². The molecule has 23 heavy (non-hydrogen) atoms. The van der Waals surface area contributed by atoms with Crippen LogP contribution in [0.4, 0.5) is 5.95 Å². The quantitative estimate of drug-likeness (QED) is 0.532. The first-order chi connectivity index (χ1) is 11.0. The highest BCUT2D eigenvalue weighted by Gasteiger charge is 2.35. The van der Waals surface area contributed by atoms with Crippen LogP contribution in [0.25, 0.3) is 11.2 Å². The first-order valence-corrected chi connectivity index (χ1v) is 7.25. The van der Waals surface area contributed by atoms with E-state index >= 15 is 0 Å². The van der Waals surface area contributed by atoms with Gasteiger partial charge in [0.2, 0.25) is 11.8 Å². The molecule has 0 aromatic carbocycles. The lowest BCUT2D eigenvalue weighted by atomic mass is 10.2. The molecule has 0 unspecified atom stereocenters. The Morgan fingerprint density at radius 3 is 2.96 bits per heavy atom. The third-order valence-electron chi connectivity index (χ3n) is 3.56. The molecule has 0 bridgehead atoms. The first kappa shape index (κ1) is 15.9. The molecular weight excluding hydrogens is 306 g/mol. The van der Waals surface area contributed by atoms with Gasteiger partial charge in [0.25, 0.3) is 0 Å². The van der Waals surface area contributed by atoms with Crippen LogP contribution in [0.3, 0.4) is 0 Å². The fourth-order valence-corrected chi connectivity index (χ4v) is 2.47. The van der Waals surface area contributed by atoms with E-state index in [1.807, 2.05) is 0 Å². The van der Waals surface area contributed by atoms with Crippen molar-refractivity contribution in [1.82, 2.24) is 19.5 Å². The Balaban J connectivity index is 1.94. The summed E-state index contributed by atoms with van der Waals surface area (Å²) in [5, 5.41) is 28.4. The van der Waals surface area contributed by atoms with Crippen molar-refractivity contribution in [1.29, 1.82) is 0 Å². The van der Waals surface area contributed by atoms with Gasteiger partial charge in [0.1, 0.15) is 18.9 Å². The molecule has 3 heterocycles. The maximum Gasteiger partial charge on any atom is 0.247 e. The number of aliphatic hydroxyl groups is 3. The van der Waals surface area contributed by atoms with Crippen LogP contribution in [0.1, 0.15) is 19.6 Å². The van der Waals surface area contributed by atoms with Crippen molar-refractivity contribution in [3.8, 4) is 5.88 Å². The summed E-state index contributed by atoms with van der Waals surface area (Å²) in [5.41, 5.74) is 6.48. The minimum atomic E-state index is -0.771. The SMILES string of the molecule is C[C@@H](O)COc1nc(N)nc2c1ncn2[C@H]1C[C@@H](O)[C@@H](CO)O1. The van der Waals surface area contributed by atoms with Gasteiger partial charge in [-0.05, 0) is 6.92 Å². The zero-order valence-electron chi connectivity index (χ0n) is 12.5. The Labute approximate surface area is 131 Å². The van der Waals surface area contributed by atoms with Crippen molar-refractivity contribution in [3.63, 3.8) is 0 Å². The Bertz CT molecular complexity index is 691. The van der Waals surface area contributed by atoms with Crippen LogP contribution < -0.4 is 10.5 Å². The monoisotopic (exact) mass is 325 g/mol. The second-order valence-electron chi connectivity index (χ2n) is 5.49. The zero-order chi connectivity index (χ0) is 16.6. The molecule has 0 saturated carbocycles. The summed E-state index contributed by atoms with van der Waals surface area (Å²) in [5.74, 6) is 0.168. The Hall–Kier alpha value is -2.01. The average Bonchev–Trinajstić information content (AvgIpc) is 3.07. The molecule has 1 fully saturated rings. The van der Waals surface area contributed by atoms with Crippen molar-refractivity contribution >= 4 is 17.1 Å². The van der Waals surface area contributed by atoms with Gasteiger partial charge in [-0.2, -0.15) is 9.97 Å². The standard InChI is InChI=1S/C13H19N5O5/c1-6(20)4-22-12-10-11(16-13(14)17-12)18(5-15-10)9-2-7(21)8(3-19)23-9/h5-9,19-21H,2-4H2,1H3,(H2,14,16,17)/t6-,7-,8-,9-/m1/s1. The largest absolute Gasteiger partial charge is 0.473 e. The number of nitrogen functional groups attached to an aromatic ring is 1. The van der Waals surface area contributed by atoms with E-state index in [0.717, 1.165) is 0 Å². The number of hydrogen-bond acceptors (Lipinski definition) is 9. The van der Waals surface area contributed by atoms with Gasteiger partial charge in [0.05, 0.1) is 25.1 Å². The molecule has 5 N–H and O–H groups in total. The molecule has 10 nitrogen and oxygen atoms in total. The molecule has 1 aliphatic rings. The predicted octanol–water partition coefficient (Wildman–Crippen LogP) is -1.19. The number of imidazole rings is 1. The number of ether oxygens (including phenoxy) is 2. The fourth-order valence-electron chi connectivity index (χ4n) is 2.47. The second-order valence-corrected chi connectivity index (χ2v) is 5.49. The number of nitrogens with two attached hydrogens (primary N) is 1. The van der Waals surface area contributed by atoms with Gasteiger partial charge >= 0.3 is 0 Å². The molecule has 10 heteroatoms. The molecule has 0 spiro atoms. The Morgan fingerprint density at radius 2 is 2.30 bits per heavy atom. The number of aromatic nitrogens is 4. The molecule has 2 aromatic rings. The minimum absolute atomic E-state index is 0.00269. The number of rotatable bonds is 5.